The molecular formula is C28H28F2N6O2. The Kier molecular flexibility index (Phi) is 6.50. The van der Waals surface area contributed by atoms with Gasteiger partial charge >= 0.3 is 0 Å². The minimum absolute atomic E-state index is 0.0143. The molecular weight excluding hydrogens is 490 g/mol. The van der Waals surface area contributed by atoms with Gasteiger partial charge in [0.25, 0.3) is 0 Å². The lowest BCUT2D eigenvalue weighted by molar-refractivity contribution is 0.000929. The number of hydrogen-bond donors (Lipinski definition) is 1. The third-order valence-corrected chi connectivity index (χ3v) is 7.17. The fourth-order valence-electron chi connectivity index (χ4n) is 5.16. The lowest BCUT2D eigenvalue weighted by Gasteiger charge is -2.25. The van der Waals surface area contributed by atoms with Crippen LogP contribution >= 0.6 is 0 Å². The number of aliphatic hydroxyl groups excluding tert-OH is 1. The number of methoxy groups -OCH3 is 1. The number of rotatable bonds is 6. The summed E-state index contributed by atoms with van der Waals surface area (Å²) in [7, 11) is 1.62. The average Bonchev–Trinajstić information content (AvgIpc) is 3.38. The maximum Gasteiger partial charge on any atom is 0.173 e. The molecule has 0 spiro atoms. The van der Waals surface area contributed by atoms with Gasteiger partial charge in [-0.05, 0) is 36.6 Å². The van der Waals surface area contributed by atoms with Gasteiger partial charge in [0.05, 0.1) is 36.8 Å². The summed E-state index contributed by atoms with van der Waals surface area (Å²) in [5.74, 6) is -0.710. The number of pyridine rings is 2. The number of halogens is 2. The van der Waals surface area contributed by atoms with E-state index in [0.29, 0.717) is 29.0 Å². The van der Waals surface area contributed by atoms with E-state index in [1.807, 2.05) is 35.0 Å². The standard InChI is InChI=1S/C28H28F2N6O2/c1-38-20-8-6-18(7-9-20)16-36-24-13-23(28(37)34-10-4-2-3-5-11-34)31-14-21(24)26(33-36)25-15-32-27-22(30)12-19(29)17-35(25)27/h6-9,12-15,17,28,37H,2-5,10-11,16H2,1H3. The molecule has 196 valence electrons. The Morgan fingerprint density at radius 2 is 1.76 bits per heavy atom. The smallest absolute Gasteiger partial charge is 0.173 e. The van der Waals surface area contributed by atoms with Gasteiger partial charge in [-0.2, -0.15) is 5.10 Å². The van der Waals surface area contributed by atoms with Crippen LogP contribution in [-0.4, -0.2) is 54.4 Å². The lowest BCUT2D eigenvalue weighted by atomic mass is 10.1. The molecule has 1 aliphatic rings. The topological polar surface area (TPSA) is 80.7 Å². The van der Waals surface area contributed by atoms with Crippen molar-refractivity contribution in [3.05, 3.63) is 77.9 Å². The van der Waals surface area contributed by atoms with Crippen molar-refractivity contribution in [3.63, 3.8) is 0 Å². The minimum Gasteiger partial charge on any atom is -0.497 e. The SMILES string of the molecule is COc1ccc(Cn2nc(-c3cnc4c(F)cc(F)cn34)c3cnc(C(O)N4CCCCCC4)cc32)cc1. The number of hydrogen-bond acceptors (Lipinski definition) is 6. The molecule has 1 aliphatic heterocycles. The van der Waals surface area contributed by atoms with Crippen LogP contribution in [0.25, 0.3) is 27.9 Å². The van der Waals surface area contributed by atoms with Gasteiger partial charge in [-0.15, -0.1) is 0 Å². The highest BCUT2D eigenvalue weighted by Crippen LogP contribution is 2.32. The van der Waals surface area contributed by atoms with Crippen LogP contribution < -0.4 is 4.74 Å². The molecule has 10 heteroatoms. The first-order valence-electron chi connectivity index (χ1n) is 12.8. The zero-order chi connectivity index (χ0) is 26.2. The van der Waals surface area contributed by atoms with Gasteiger partial charge in [0.2, 0.25) is 0 Å². The molecule has 38 heavy (non-hydrogen) atoms. The van der Waals surface area contributed by atoms with Crippen LogP contribution in [0.2, 0.25) is 0 Å². The van der Waals surface area contributed by atoms with Crippen molar-refractivity contribution in [1.82, 2.24) is 29.0 Å². The Bertz CT molecular complexity index is 1590. The molecule has 5 aromatic rings. The van der Waals surface area contributed by atoms with E-state index < -0.39 is 17.9 Å². The highest BCUT2D eigenvalue weighted by Gasteiger charge is 2.24. The van der Waals surface area contributed by atoms with E-state index in [1.165, 1.54) is 16.8 Å². The molecule has 0 radical (unpaired) electrons. The first-order chi connectivity index (χ1) is 18.5. The van der Waals surface area contributed by atoms with Gasteiger partial charge in [-0.25, -0.2) is 13.8 Å². The van der Waals surface area contributed by atoms with Crippen molar-refractivity contribution in [3.8, 4) is 17.1 Å². The molecule has 0 bridgehead atoms. The molecule has 1 unspecified atom stereocenters. The Hall–Kier alpha value is -3.89. The predicted octanol–water partition coefficient (Wildman–Crippen LogP) is 4.95. The number of likely N-dealkylation sites (tertiary alicyclic amines) is 1. The second-order valence-corrected chi connectivity index (χ2v) is 9.65. The van der Waals surface area contributed by atoms with Crippen molar-refractivity contribution in [1.29, 1.82) is 0 Å². The molecule has 1 atom stereocenters. The van der Waals surface area contributed by atoms with Crippen molar-refractivity contribution in [2.75, 3.05) is 20.2 Å². The van der Waals surface area contributed by atoms with Crippen molar-refractivity contribution < 1.29 is 18.6 Å². The van der Waals surface area contributed by atoms with Crippen LogP contribution in [0, 0.1) is 11.6 Å². The third kappa shape index (κ3) is 4.50. The normalized spacial score (nSPS) is 15.7. The van der Waals surface area contributed by atoms with E-state index >= 15 is 0 Å². The number of ether oxygens (including phenoxy) is 1. The number of aliphatic hydroxyl groups is 1. The number of imidazole rings is 1. The number of nitrogens with zero attached hydrogens (tertiary/aromatic N) is 6. The summed E-state index contributed by atoms with van der Waals surface area (Å²) in [5, 5.41) is 16.7. The highest BCUT2D eigenvalue weighted by molar-refractivity contribution is 5.92. The molecule has 4 aromatic heterocycles. The quantitative estimate of drug-likeness (QED) is 0.343. The fourth-order valence-corrected chi connectivity index (χ4v) is 5.16. The monoisotopic (exact) mass is 518 g/mol. The zero-order valence-electron chi connectivity index (χ0n) is 21.0. The molecule has 1 N–H and O–H groups in total. The van der Waals surface area contributed by atoms with Crippen LogP contribution in [0.3, 0.4) is 0 Å². The average molecular weight is 519 g/mol. The summed E-state index contributed by atoms with van der Waals surface area (Å²) in [6, 6.07) is 10.3. The molecule has 6 rings (SSSR count). The molecule has 0 amide bonds. The second kappa shape index (κ2) is 10.1. The summed E-state index contributed by atoms with van der Waals surface area (Å²) < 4.78 is 37.0. The van der Waals surface area contributed by atoms with E-state index in [-0.39, 0.29) is 5.65 Å². The molecule has 8 nitrogen and oxygen atoms in total. The van der Waals surface area contributed by atoms with Crippen molar-refractivity contribution >= 4 is 16.6 Å². The minimum atomic E-state index is -0.829. The molecule has 5 heterocycles. The van der Waals surface area contributed by atoms with Crippen LogP contribution in [0.5, 0.6) is 5.75 Å². The fraction of sp³-hybridized carbons (Fsp3) is 0.321. The van der Waals surface area contributed by atoms with Gasteiger partial charge in [0, 0.05) is 36.9 Å². The Morgan fingerprint density at radius 3 is 2.50 bits per heavy atom. The first kappa shape index (κ1) is 24.4. The van der Waals surface area contributed by atoms with E-state index in [2.05, 4.69) is 14.9 Å². The second-order valence-electron chi connectivity index (χ2n) is 9.65. The van der Waals surface area contributed by atoms with E-state index in [1.54, 1.807) is 13.3 Å². The van der Waals surface area contributed by atoms with E-state index in [9.17, 15) is 13.9 Å². The van der Waals surface area contributed by atoms with E-state index in [0.717, 1.165) is 61.7 Å². The van der Waals surface area contributed by atoms with E-state index in [4.69, 9.17) is 9.84 Å². The van der Waals surface area contributed by atoms with Gasteiger partial charge in [-0.1, -0.05) is 25.0 Å². The Labute approximate surface area is 218 Å². The Morgan fingerprint density at radius 1 is 1.00 bits per heavy atom. The summed E-state index contributed by atoms with van der Waals surface area (Å²) in [4.78, 5) is 10.8. The van der Waals surface area contributed by atoms with Crippen LogP contribution in [0.1, 0.15) is 43.2 Å². The number of benzene rings is 1. The molecule has 0 aliphatic carbocycles. The van der Waals surface area contributed by atoms with Crippen LogP contribution in [0.15, 0.2) is 55.0 Å². The highest BCUT2D eigenvalue weighted by atomic mass is 19.1. The van der Waals surface area contributed by atoms with Crippen LogP contribution in [0.4, 0.5) is 8.78 Å². The molecule has 0 saturated carbocycles. The van der Waals surface area contributed by atoms with Gasteiger partial charge < -0.3 is 9.84 Å². The van der Waals surface area contributed by atoms with Gasteiger partial charge in [-0.3, -0.25) is 19.0 Å². The maximum atomic E-state index is 14.4. The van der Waals surface area contributed by atoms with Crippen LogP contribution in [-0.2, 0) is 6.54 Å². The Balaban J connectivity index is 1.47. The van der Waals surface area contributed by atoms with Crippen molar-refractivity contribution in [2.24, 2.45) is 0 Å². The first-order valence-corrected chi connectivity index (χ1v) is 12.8. The predicted molar refractivity (Wildman–Crippen MR) is 139 cm³/mol. The lowest BCUT2D eigenvalue weighted by Crippen LogP contribution is -2.30. The summed E-state index contributed by atoms with van der Waals surface area (Å²) in [6.07, 6.45) is 7.93. The third-order valence-electron chi connectivity index (χ3n) is 7.17. The van der Waals surface area contributed by atoms with Gasteiger partial charge in [0.1, 0.15) is 17.3 Å². The van der Waals surface area contributed by atoms with Crippen molar-refractivity contribution in [2.45, 2.75) is 38.5 Å². The molecule has 1 aromatic carbocycles. The summed E-state index contributed by atoms with van der Waals surface area (Å²) >= 11 is 0. The zero-order valence-corrected chi connectivity index (χ0v) is 21.0. The largest absolute Gasteiger partial charge is 0.497 e. The number of fused-ring (bicyclic) bond motifs is 2. The molecule has 1 saturated heterocycles. The molecule has 1 fully saturated rings. The summed E-state index contributed by atoms with van der Waals surface area (Å²) in [5.41, 5.74) is 3.23. The number of aromatic nitrogens is 5. The maximum absolute atomic E-state index is 14.4. The van der Waals surface area contributed by atoms with Gasteiger partial charge in [0.15, 0.2) is 17.7 Å². The summed E-state index contributed by atoms with van der Waals surface area (Å²) in [6.45, 7) is 2.07.